The van der Waals surface area contributed by atoms with Crippen molar-refractivity contribution in [1.82, 2.24) is 15.6 Å². The van der Waals surface area contributed by atoms with Crippen LogP contribution in [0.1, 0.15) is 31.9 Å². The first-order chi connectivity index (χ1) is 13.2. The van der Waals surface area contributed by atoms with Crippen molar-refractivity contribution in [1.29, 1.82) is 0 Å². The molecule has 5 nitrogen and oxygen atoms in total. The Hall–Kier alpha value is -1.89. The van der Waals surface area contributed by atoms with Gasteiger partial charge in [-0.15, -0.1) is 23.7 Å². The molecule has 3 heterocycles. The van der Waals surface area contributed by atoms with Crippen molar-refractivity contribution in [2.45, 2.75) is 32.7 Å². The molecule has 1 aliphatic rings. The fourth-order valence-electron chi connectivity index (χ4n) is 3.65. The Balaban J connectivity index is 0.00000225. The molecule has 1 amide bonds. The Morgan fingerprint density at radius 1 is 1.36 bits per heavy atom. The summed E-state index contributed by atoms with van der Waals surface area (Å²) in [5, 5.41) is 7.28. The number of hydrogen-bond acceptors (Lipinski definition) is 5. The number of aromatic nitrogens is 1. The van der Waals surface area contributed by atoms with E-state index in [9.17, 15) is 4.79 Å². The maximum absolute atomic E-state index is 12.3. The van der Waals surface area contributed by atoms with Gasteiger partial charge in [0.15, 0.2) is 10.8 Å². The van der Waals surface area contributed by atoms with Gasteiger partial charge in [-0.05, 0) is 62.0 Å². The second-order valence-electron chi connectivity index (χ2n) is 7.32. The third-order valence-electron chi connectivity index (χ3n) is 5.27. The molecule has 0 radical (unpaired) electrons. The first-order valence-electron chi connectivity index (χ1n) is 9.61. The van der Waals surface area contributed by atoms with Gasteiger partial charge in [0.1, 0.15) is 5.76 Å². The number of carbonyl (C=O) groups is 1. The lowest BCUT2D eigenvalue weighted by molar-refractivity contribution is -0.122. The predicted molar refractivity (Wildman–Crippen MR) is 116 cm³/mol. The van der Waals surface area contributed by atoms with Crippen molar-refractivity contribution >= 4 is 39.9 Å². The van der Waals surface area contributed by atoms with E-state index in [0.29, 0.717) is 24.8 Å². The number of halogens is 1. The molecule has 0 saturated carbocycles. The normalized spacial score (nSPS) is 17.8. The van der Waals surface area contributed by atoms with Crippen LogP contribution in [0.5, 0.6) is 0 Å². The van der Waals surface area contributed by atoms with E-state index in [0.717, 1.165) is 39.8 Å². The summed E-state index contributed by atoms with van der Waals surface area (Å²) in [6.07, 6.45) is 2.99. The Bertz CT molecular complexity index is 884. The first kappa shape index (κ1) is 20.8. The molecule has 2 aromatic heterocycles. The summed E-state index contributed by atoms with van der Waals surface area (Å²) >= 11 is 1.61. The number of carbonyl (C=O) groups excluding carboxylic acids is 1. The average molecular weight is 420 g/mol. The summed E-state index contributed by atoms with van der Waals surface area (Å²) < 4.78 is 7.04. The maximum atomic E-state index is 12.3. The molecule has 4 rings (SSSR count). The molecule has 150 valence electrons. The molecule has 1 aromatic carbocycles. The molecule has 0 spiro atoms. The summed E-state index contributed by atoms with van der Waals surface area (Å²) in [6, 6.07) is 11.9. The van der Waals surface area contributed by atoms with E-state index in [-0.39, 0.29) is 18.3 Å². The summed E-state index contributed by atoms with van der Waals surface area (Å²) in [6.45, 7) is 4.72. The second-order valence-corrected chi connectivity index (χ2v) is 8.35. The third kappa shape index (κ3) is 4.93. The lowest BCUT2D eigenvalue weighted by Gasteiger charge is -2.27. The number of furan rings is 1. The Kier molecular flexibility index (Phi) is 7.10. The number of amides is 1. The maximum Gasteiger partial charge on any atom is 0.220 e. The fourth-order valence-corrected chi connectivity index (χ4v) is 4.57. The monoisotopic (exact) mass is 419 g/mol. The summed E-state index contributed by atoms with van der Waals surface area (Å²) in [7, 11) is 0. The lowest BCUT2D eigenvalue weighted by Crippen LogP contribution is -2.35. The zero-order valence-electron chi connectivity index (χ0n) is 15.9. The number of benzene rings is 1. The number of para-hydroxylation sites is 1. The highest BCUT2D eigenvalue weighted by molar-refractivity contribution is 7.21. The topological polar surface area (TPSA) is 67.2 Å². The summed E-state index contributed by atoms with van der Waals surface area (Å²) in [4.78, 5) is 16.9. The summed E-state index contributed by atoms with van der Waals surface area (Å²) in [5.74, 6) is 2.59. The van der Waals surface area contributed by atoms with Crippen LogP contribution in [0.15, 0.2) is 40.8 Å². The standard InChI is InChI=1S/C21H25N3O2S.ClH/c1-14(15-5-4-10-22-12-15)11-20(25)23-13-16-8-9-18(26-16)21-24-17-6-2-3-7-19(17)27-21;/h2-3,6-9,14-15,22H,4-5,10-13H2,1H3,(H,23,25);1H. The number of piperidine rings is 1. The average Bonchev–Trinajstić information content (AvgIpc) is 3.33. The van der Waals surface area contributed by atoms with Crippen LogP contribution in [0.4, 0.5) is 0 Å². The van der Waals surface area contributed by atoms with Gasteiger partial charge in [0.05, 0.1) is 16.8 Å². The molecule has 2 atom stereocenters. The van der Waals surface area contributed by atoms with Crippen LogP contribution in [0.3, 0.4) is 0 Å². The molecule has 1 fully saturated rings. The van der Waals surface area contributed by atoms with Crippen molar-refractivity contribution in [2.24, 2.45) is 11.8 Å². The SMILES string of the molecule is CC(CC(=O)NCc1ccc(-c2nc3ccccc3s2)o1)C1CCCNC1.Cl. The fraction of sp³-hybridized carbons (Fsp3) is 0.429. The minimum absolute atomic E-state index is 0. The van der Waals surface area contributed by atoms with Crippen LogP contribution in [0.25, 0.3) is 21.0 Å². The number of hydrogen-bond donors (Lipinski definition) is 2. The smallest absolute Gasteiger partial charge is 0.220 e. The van der Waals surface area contributed by atoms with E-state index >= 15 is 0 Å². The van der Waals surface area contributed by atoms with Crippen LogP contribution in [-0.2, 0) is 11.3 Å². The molecule has 28 heavy (non-hydrogen) atoms. The first-order valence-corrected chi connectivity index (χ1v) is 10.4. The van der Waals surface area contributed by atoms with Crippen LogP contribution < -0.4 is 10.6 Å². The molecule has 7 heteroatoms. The number of nitrogens with one attached hydrogen (secondary N) is 2. The van der Waals surface area contributed by atoms with Gasteiger partial charge < -0.3 is 15.1 Å². The van der Waals surface area contributed by atoms with Gasteiger partial charge >= 0.3 is 0 Å². The molecule has 1 aliphatic heterocycles. The molecule has 3 aromatic rings. The van der Waals surface area contributed by atoms with E-state index in [4.69, 9.17) is 4.42 Å². The summed E-state index contributed by atoms with van der Waals surface area (Å²) in [5.41, 5.74) is 0.981. The highest BCUT2D eigenvalue weighted by Crippen LogP contribution is 2.31. The number of fused-ring (bicyclic) bond motifs is 1. The molecular weight excluding hydrogens is 394 g/mol. The molecule has 0 aliphatic carbocycles. The van der Waals surface area contributed by atoms with Crippen LogP contribution >= 0.6 is 23.7 Å². The van der Waals surface area contributed by atoms with Crippen LogP contribution in [-0.4, -0.2) is 24.0 Å². The quantitative estimate of drug-likeness (QED) is 0.611. The zero-order chi connectivity index (χ0) is 18.6. The van der Waals surface area contributed by atoms with Crippen molar-refractivity contribution < 1.29 is 9.21 Å². The molecule has 0 bridgehead atoms. The van der Waals surface area contributed by atoms with Crippen LogP contribution in [0.2, 0.25) is 0 Å². The Morgan fingerprint density at radius 2 is 2.21 bits per heavy atom. The zero-order valence-corrected chi connectivity index (χ0v) is 17.6. The van der Waals surface area contributed by atoms with Gasteiger partial charge in [-0.1, -0.05) is 19.1 Å². The number of nitrogens with zero attached hydrogens (tertiary/aromatic N) is 1. The molecule has 2 unspecified atom stereocenters. The van der Waals surface area contributed by atoms with Crippen molar-refractivity contribution in [3.05, 3.63) is 42.2 Å². The minimum Gasteiger partial charge on any atom is -0.457 e. The van der Waals surface area contributed by atoms with Crippen LogP contribution in [0, 0.1) is 11.8 Å². The van der Waals surface area contributed by atoms with E-state index in [1.807, 2.05) is 30.3 Å². The lowest BCUT2D eigenvalue weighted by atomic mass is 9.85. The number of thiazole rings is 1. The van der Waals surface area contributed by atoms with E-state index < -0.39 is 0 Å². The Labute approximate surface area is 175 Å². The molecule has 1 saturated heterocycles. The van der Waals surface area contributed by atoms with Crippen molar-refractivity contribution in [3.63, 3.8) is 0 Å². The molecular formula is C21H26ClN3O2S. The van der Waals surface area contributed by atoms with Gasteiger partial charge in [-0.3, -0.25) is 4.79 Å². The Morgan fingerprint density at radius 3 is 3.00 bits per heavy atom. The highest BCUT2D eigenvalue weighted by Gasteiger charge is 2.22. The van der Waals surface area contributed by atoms with E-state index in [2.05, 4.69) is 28.6 Å². The minimum atomic E-state index is 0. The molecule has 2 N–H and O–H groups in total. The highest BCUT2D eigenvalue weighted by atomic mass is 35.5. The van der Waals surface area contributed by atoms with Gasteiger partial charge in [0.25, 0.3) is 0 Å². The van der Waals surface area contributed by atoms with Gasteiger partial charge in [0, 0.05) is 6.42 Å². The predicted octanol–water partition coefficient (Wildman–Crippen LogP) is 4.62. The van der Waals surface area contributed by atoms with Gasteiger partial charge in [-0.25, -0.2) is 4.98 Å². The second kappa shape index (κ2) is 9.54. The van der Waals surface area contributed by atoms with Crippen molar-refractivity contribution in [2.75, 3.05) is 13.1 Å². The van der Waals surface area contributed by atoms with E-state index in [1.54, 1.807) is 11.3 Å². The largest absolute Gasteiger partial charge is 0.457 e. The van der Waals surface area contributed by atoms with Gasteiger partial charge in [-0.2, -0.15) is 0 Å². The van der Waals surface area contributed by atoms with E-state index in [1.165, 1.54) is 12.8 Å². The van der Waals surface area contributed by atoms with Gasteiger partial charge in [0.2, 0.25) is 5.91 Å². The number of rotatable bonds is 6. The third-order valence-corrected chi connectivity index (χ3v) is 6.32. The van der Waals surface area contributed by atoms with Crippen molar-refractivity contribution in [3.8, 4) is 10.8 Å².